The first kappa shape index (κ1) is 15.7. The van der Waals surface area contributed by atoms with Gasteiger partial charge < -0.3 is 15.4 Å². The van der Waals surface area contributed by atoms with Crippen LogP contribution in [-0.2, 0) is 9.53 Å². The molecule has 4 nitrogen and oxygen atoms in total. The number of carbonyl (C=O) groups excluding carboxylic acids is 1. The molecule has 16 heavy (non-hydrogen) atoms. The van der Waals surface area contributed by atoms with Gasteiger partial charge in [-0.1, -0.05) is 13.8 Å². The van der Waals surface area contributed by atoms with Gasteiger partial charge in [0, 0.05) is 26.1 Å². The lowest BCUT2D eigenvalue weighted by Crippen LogP contribution is -2.48. The van der Waals surface area contributed by atoms with Gasteiger partial charge in [0.05, 0.1) is 12.7 Å². The summed E-state index contributed by atoms with van der Waals surface area (Å²) in [5, 5.41) is 0. The molecule has 0 aromatic heterocycles. The van der Waals surface area contributed by atoms with Crippen LogP contribution in [-0.4, -0.2) is 43.2 Å². The number of rotatable bonds is 4. The van der Waals surface area contributed by atoms with Crippen molar-refractivity contribution in [2.24, 2.45) is 11.7 Å². The lowest BCUT2D eigenvalue weighted by atomic mass is 10.1. The van der Waals surface area contributed by atoms with Crippen molar-refractivity contribution in [1.29, 1.82) is 0 Å². The summed E-state index contributed by atoms with van der Waals surface area (Å²) in [5.41, 5.74) is 5.52. The molecule has 1 fully saturated rings. The SMILES string of the molecule is CC(C)CCC(=O)N1CCOC(CN)C1.Cl. The fourth-order valence-corrected chi connectivity index (χ4v) is 1.66. The van der Waals surface area contributed by atoms with Crippen LogP contribution >= 0.6 is 12.4 Å². The smallest absolute Gasteiger partial charge is 0.222 e. The average molecular weight is 251 g/mol. The first-order chi connectivity index (χ1) is 7.13. The summed E-state index contributed by atoms with van der Waals surface area (Å²) < 4.78 is 5.41. The summed E-state index contributed by atoms with van der Waals surface area (Å²) in [6.07, 6.45) is 1.64. The van der Waals surface area contributed by atoms with Crippen LogP contribution in [0.3, 0.4) is 0 Å². The topological polar surface area (TPSA) is 55.6 Å². The van der Waals surface area contributed by atoms with Gasteiger partial charge in [-0.05, 0) is 12.3 Å². The number of morpholine rings is 1. The molecule has 1 saturated heterocycles. The molecule has 96 valence electrons. The molecule has 1 heterocycles. The summed E-state index contributed by atoms with van der Waals surface area (Å²) in [6.45, 7) is 6.76. The van der Waals surface area contributed by atoms with Crippen LogP contribution in [0, 0.1) is 5.92 Å². The van der Waals surface area contributed by atoms with E-state index < -0.39 is 0 Å². The summed E-state index contributed by atoms with van der Waals surface area (Å²) >= 11 is 0. The standard InChI is InChI=1S/C11H22N2O2.ClH/c1-9(2)3-4-11(14)13-5-6-15-10(7-12)8-13;/h9-10H,3-8,12H2,1-2H3;1H. The molecule has 0 spiro atoms. The molecule has 0 aromatic carbocycles. The van der Waals surface area contributed by atoms with Crippen LogP contribution in [0.1, 0.15) is 26.7 Å². The lowest BCUT2D eigenvalue weighted by molar-refractivity contribution is -0.138. The maximum atomic E-state index is 11.8. The summed E-state index contributed by atoms with van der Waals surface area (Å²) in [7, 11) is 0. The maximum Gasteiger partial charge on any atom is 0.222 e. The number of carbonyl (C=O) groups is 1. The van der Waals surface area contributed by atoms with Crippen molar-refractivity contribution in [1.82, 2.24) is 4.90 Å². The minimum atomic E-state index is 0. The fraction of sp³-hybridized carbons (Fsp3) is 0.909. The fourth-order valence-electron chi connectivity index (χ4n) is 1.66. The number of ether oxygens (including phenoxy) is 1. The largest absolute Gasteiger partial charge is 0.373 e. The Morgan fingerprint density at radius 2 is 2.25 bits per heavy atom. The Balaban J connectivity index is 0.00000225. The van der Waals surface area contributed by atoms with Crippen LogP contribution in [0.25, 0.3) is 0 Å². The van der Waals surface area contributed by atoms with Gasteiger partial charge >= 0.3 is 0 Å². The predicted molar refractivity (Wildman–Crippen MR) is 66.7 cm³/mol. The summed E-state index contributed by atoms with van der Waals surface area (Å²) in [6, 6.07) is 0. The molecule has 1 amide bonds. The van der Waals surface area contributed by atoms with Crippen LogP contribution < -0.4 is 5.73 Å². The van der Waals surface area contributed by atoms with Gasteiger partial charge in [-0.3, -0.25) is 4.79 Å². The van der Waals surface area contributed by atoms with E-state index in [9.17, 15) is 4.79 Å². The monoisotopic (exact) mass is 250 g/mol. The normalized spacial score (nSPS) is 20.8. The van der Waals surface area contributed by atoms with Gasteiger partial charge in [-0.15, -0.1) is 12.4 Å². The van der Waals surface area contributed by atoms with Crippen molar-refractivity contribution >= 4 is 18.3 Å². The molecule has 0 aromatic rings. The molecule has 0 aliphatic carbocycles. The minimum absolute atomic E-state index is 0. The van der Waals surface area contributed by atoms with Gasteiger partial charge in [0.25, 0.3) is 0 Å². The second kappa shape index (κ2) is 7.87. The van der Waals surface area contributed by atoms with Crippen LogP contribution in [0.2, 0.25) is 0 Å². The van der Waals surface area contributed by atoms with Crippen LogP contribution in [0.4, 0.5) is 0 Å². The van der Waals surface area contributed by atoms with E-state index >= 15 is 0 Å². The number of amides is 1. The highest BCUT2D eigenvalue weighted by molar-refractivity contribution is 5.85. The zero-order valence-corrected chi connectivity index (χ0v) is 11.0. The van der Waals surface area contributed by atoms with Crippen molar-refractivity contribution < 1.29 is 9.53 Å². The third-order valence-corrected chi connectivity index (χ3v) is 2.69. The van der Waals surface area contributed by atoms with E-state index in [1.54, 1.807) is 0 Å². The molecule has 1 atom stereocenters. The van der Waals surface area contributed by atoms with E-state index in [-0.39, 0.29) is 24.4 Å². The predicted octanol–water partition coefficient (Wildman–Crippen LogP) is 1.03. The van der Waals surface area contributed by atoms with Gasteiger partial charge in [-0.25, -0.2) is 0 Å². The number of hydrogen-bond acceptors (Lipinski definition) is 3. The molecule has 0 radical (unpaired) electrons. The van der Waals surface area contributed by atoms with Crippen molar-refractivity contribution in [3.05, 3.63) is 0 Å². The average Bonchev–Trinajstić information content (AvgIpc) is 2.26. The first-order valence-electron chi connectivity index (χ1n) is 5.73. The Labute approximate surface area is 104 Å². The van der Waals surface area contributed by atoms with Crippen molar-refractivity contribution in [2.75, 3.05) is 26.2 Å². The van der Waals surface area contributed by atoms with Gasteiger partial charge in [0.2, 0.25) is 5.91 Å². The van der Waals surface area contributed by atoms with E-state index in [2.05, 4.69) is 13.8 Å². The molecule has 1 unspecified atom stereocenters. The van der Waals surface area contributed by atoms with Gasteiger partial charge in [-0.2, -0.15) is 0 Å². The molecule has 1 rings (SSSR count). The zero-order chi connectivity index (χ0) is 11.3. The maximum absolute atomic E-state index is 11.8. The van der Waals surface area contributed by atoms with Crippen LogP contribution in [0.15, 0.2) is 0 Å². The Bertz CT molecular complexity index is 212. The van der Waals surface area contributed by atoms with Gasteiger partial charge in [0.15, 0.2) is 0 Å². The number of halogens is 1. The highest BCUT2D eigenvalue weighted by Gasteiger charge is 2.22. The first-order valence-corrected chi connectivity index (χ1v) is 5.73. The Kier molecular flexibility index (Phi) is 7.72. The van der Waals surface area contributed by atoms with E-state index in [0.29, 0.717) is 38.6 Å². The third kappa shape index (κ3) is 5.14. The quantitative estimate of drug-likeness (QED) is 0.811. The highest BCUT2D eigenvalue weighted by atomic mass is 35.5. The Morgan fingerprint density at radius 1 is 1.56 bits per heavy atom. The molecule has 5 heteroatoms. The molecular weight excluding hydrogens is 228 g/mol. The molecular formula is C11H23ClN2O2. The lowest BCUT2D eigenvalue weighted by Gasteiger charge is -2.32. The Hall–Kier alpha value is -0.320. The summed E-state index contributed by atoms with van der Waals surface area (Å²) in [5.74, 6) is 0.825. The van der Waals surface area contributed by atoms with Gasteiger partial charge in [0.1, 0.15) is 0 Å². The minimum Gasteiger partial charge on any atom is -0.373 e. The molecule has 0 saturated carbocycles. The number of nitrogens with two attached hydrogens (primary N) is 1. The Morgan fingerprint density at radius 3 is 2.81 bits per heavy atom. The van der Waals surface area contributed by atoms with Crippen molar-refractivity contribution in [3.8, 4) is 0 Å². The molecule has 1 aliphatic heterocycles. The van der Waals surface area contributed by atoms with E-state index in [4.69, 9.17) is 10.5 Å². The van der Waals surface area contributed by atoms with E-state index in [1.165, 1.54) is 0 Å². The summed E-state index contributed by atoms with van der Waals surface area (Å²) in [4.78, 5) is 13.7. The highest BCUT2D eigenvalue weighted by Crippen LogP contribution is 2.10. The molecule has 1 aliphatic rings. The zero-order valence-electron chi connectivity index (χ0n) is 10.1. The second-order valence-electron chi connectivity index (χ2n) is 4.50. The van der Waals surface area contributed by atoms with E-state index in [1.807, 2.05) is 4.90 Å². The molecule has 0 bridgehead atoms. The van der Waals surface area contributed by atoms with Crippen molar-refractivity contribution in [2.45, 2.75) is 32.8 Å². The number of nitrogens with zero attached hydrogens (tertiary/aromatic N) is 1. The second-order valence-corrected chi connectivity index (χ2v) is 4.50. The van der Waals surface area contributed by atoms with Crippen LogP contribution in [0.5, 0.6) is 0 Å². The van der Waals surface area contributed by atoms with E-state index in [0.717, 1.165) is 6.42 Å². The molecule has 2 N–H and O–H groups in total. The number of hydrogen-bond donors (Lipinski definition) is 1. The third-order valence-electron chi connectivity index (χ3n) is 2.69. The van der Waals surface area contributed by atoms with Crippen molar-refractivity contribution in [3.63, 3.8) is 0 Å².